The molecule has 1 heterocycles. The highest BCUT2D eigenvalue weighted by molar-refractivity contribution is 7.87. The van der Waals surface area contributed by atoms with Crippen LogP contribution in [0.5, 0.6) is 5.75 Å². The van der Waals surface area contributed by atoms with Gasteiger partial charge in [-0.25, -0.2) is 0 Å². The maximum absolute atomic E-state index is 12.3. The summed E-state index contributed by atoms with van der Waals surface area (Å²) < 4.78 is 29.6. The summed E-state index contributed by atoms with van der Waals surface area (Å²) in [6, 6.07) is 12.3. The number of nitrogens with one attached hydrogen (secondary N) is 1. The second kappa shape index (κ2) is 6.37. The summed E-state index contributed by atoms with van der Waals surface area (Å²) in [5.41, 5.74) is 0.726. The lowest BCUT2D eigenvalue weighted by Gasteiger charge is -2.21. The van der Waals surface area contributed by atoms with Gasteiger partial charge in [-0.2, -0.15) is 8.42 Å². The Morgan fingerprint density at radius 1 is 1.22 bits per heavy atom. The molecule has 0 spiro atoms. The van der Waals surface area contributed by atoms with E-state index < -0.39 is 16.5 Å². The van der Waals surface area contributed by atoms with Crippen molar-refractivity contribution < 1.29 is 17.7 Å². The Morgan fingerprint density at radius 2 is 1.96 bits per heavy atom. The molecule has 23 heavy (non-hydrogen) atoms. The summed E-state index contributed by atoms with van der Waals surface area (Å²) in [7, 11) is -3.94. The lowest BCUT2D eigenvalue weighted by atomic mass is 10.3. The molecule has 6 nitrogen and oxygen atoms in total. The zero-order chi connectivity index (χ0) is 16.4. The van der Waals surface area contributed by atoms with Crippen LogP contribution in [0.4, 0.5) is 5.69 Å². The van der Waals surface area contributed by atoms with Crippen molar-refractivity contribution in [2.24, 2.45) is 0 Å². The lowest BCUT2D eigenvalue weighted by Crippen LogP contribution is -2.35. The van der Waals surface area contributed by atoms with E-state index in [1.807, 2.05) is 0 Å². The van der Waals surface area contributed by atoms with Crippen LogP contribution in [0.3, 0.4) is 0 Å². The number of rotatable bonds is 4. The van der Waals surface area contributed by atoms with Crippen LogP contribution in [-0.4, -0.2) is 33.0 Å². The highest BCUT2D eigenvalue weighted by atomic mass is 35.5. The second-order valence-electron chi connectivity index (χ2n) is 5.01. The standard InChI is InChI=1S/C15H15ClN2O4S/c16-11-2-1-3-13(10-11)22-23(20,21)14-6-4-12(5-7-14)18-9-8-17-15(18)19/h1-7,10,15,17,19H,8-9H2. The Balaban J connectivity index is 1.80. The topological polar surface area (TPSA) is 78.9 Å². The molecule has 1 aliphatic heterocycles. The number of hydrogen-bond donors (Lipinski definition) is 2. The highest BCUT2D eigenvalue weighted by Gasteiger charge is 2.23. The van der Waals surface area contributed by atoms with Crippen LogP contribution in [0.1, 0.15) is 0 Å². The third kappa shape index (κ3) is 3.59. The van der Waals surface area contributed by atoms with Gasteiger partial charge in [0.05, 0.1) is 0 Å². The van der Waals surface area contributed by atoms with Crippen LogP contribution >= 0.6 is 11.6 Å². The molecule has 0 bridgehead atoms. The van der Waals surface area contributed by atoms with E-state index in [1.165, 1.54) is 24.3 Å². The molecule has 122 valence electrons. The lowest BCUT2D eigenvalue weighted by molar-refractivity contribution is 0.163. The van der Waals surface area contributed by atoms with Crippen LogP contribution in [0, 0.1) is 0 Å². The van der Waals surface area contributed by atoms with E-state index >= 15 is 0 Å². The zero-order valence-corrected chi connectivity index (χ0v) is 13.6. The largest absolute Gasteiger partial charge is 0.379 e. The van der Waals surface area contributed by atoms with Crippen molar-refractivity contribution in [3.05, 3.63) is 53.6 Å². The first-order valence-electron chi connectivity index (χ1n) is 6.94. The van der Waals surface area contributed by atoms with Gasteiger partial charge in [0.15, 0.2) is 6.35 Å². The molecule has 1 aliphatic rings. The third-order valence-corrected chi connectivity index (χ3v) is 4.93. The molecule has 0 amide bonds. The minimum Gasteiger partial charge on any atom is -0.379 e. The van der Waals surface area contributed by atoms with E-state index in [2.05, 4.69) is 5.32 Å². The molecule has 1 saturated heterocycles. The average molecular weight is 355 g/mol. The van der Waals surface area contributed by atoms with E-state index in [1.54, 1.807) is 29.2 Å². The molecule has 2 aromatic rings. The molecule has 0 radical (unpaired) electrons. The maximum atomic E-state index is 12.3. The van der Waals surface area contributed by atoms with Gasteiger partial charge in [0, 0.05) is 29.9 Å². The predicted octanol–water partition coefficient (Wildman–Crippen LogP) is 1.79. The summed E-state index contributed by atoms with van der Waals surface area (Å²) in [5, 5.41) is 13.0. The Bertz CT molecular complexity index is 795. The van der Waals surface area contributed by atoms with Gasteiger partial charge in [0.2, 0.25) is 0 Å². The van der Waals surface area contributed by atoms with Crippen LogP contribution in [0.15, 0.2) is 53.4 Å². The molecule has 2 aromatic carbocycles. The molecule has 0 aromatic heterocycles. The SMILES string of the molecule is O=S(=O)(Oc1cccc(Cl)c1)c1ccc(N2CCNC2O)cc1. The number of benzene rings is 2. The Kier molecular flexibility index (Phi) is 4.45. The molecule has 1 fully saturated rings. The number of aliphatic hydroxyl groups excluding tert-OH is 1. The van der Waals surface area contributed by atoms with Crippen molar-refractivity contribution in [3.63, 3.8) is 0 Å². The molecule has 0 saturated carbocycles. The molecule has 8 heteroatoms. The summed E-state index contributed by atoms with van der Waals surface area (Å²) in [5.74, 6) is 0.153. The van der Waals surface area contributed by atoms with Crippen molar-refractivity contribution in [2.75, 3.05) is 18.0 Å². The Hall–Kier alpha value is -1.80. The minimum atomic E-state index is -3.94. The van der Waals surface area contributed by atoms with Gasteiger partial charge in [-0.3, -0.25) is 5.32 Å². The predicted molar refractivity (Wildman–Crippen MR) is 87.1 cm³/mol. The first-order valence-corrected chi connectivity index (χ1v) is 8.72. The summed E-state index contributed by atoms with van der Waals surface area (Å²) in [6.45, 7) is 1.31. The number of nitrogens with zero attached hydrogens (tertiary/aromatic N) is 1. The fraction of sp³-hybridized carbons (Fsp3) is 0.200. The van der Waals surface area contributed by atoms with E-state index in [0.717, 1.165) is 5.69 Å². The van der Waals surface area contributed by atoms with E-state index in [4.69, 9.17) is 15.8 Å². The summed E-state index contributed by atoms with van der Waals surface area (Å²) in [4.78, 5) is 1.76. The second-order valence-corrected chi connectivity index (χ2v) is 6.99. The number of aliphatic hydroxyl groups is 1. The van der Waals surface area contributed by atoms with Gasteiger partial charge in [0.1, 0.15) is 10.6 Å². The fourth-order valence-corrected chi connectivity index (χ4v) is 3.42. The van der Waals surface area contributed by atoms with Gasteiger partial charge in [0.25, 0.3) is 0 Å². The van der Waals surface area contributed by atoms with Gasteiger partial charge in [-0.05, 0) is 36.4 Å². The summed E-state index contributed by atoms with van der Waals surface area (Å²) in [6.07, 6.45) is -0.764. The summed E-state index contributed by atoms with van der Waals surface area (Å²) >= 11 is 5.82. The normalized spacial score (nSPS) is 18.2. The molecule has 2 N–H and O–H groups in total. The Labute approximate surface area is 139 Å². The average Bonchev–Trinajstić information content (AvgIpc) is 2.93. The number of halogens is 1. The van der Waals surface area contributed by atoms with Crippen LogP contribution in [0.2, 0.25) is 5.02 Å². The van der Waals surface area contributed by atoms with Crippen molar-refractivity contribution in [2.45, 2.75) is 11.2 Å². The zero-order valence-electron chi connectivity index (χ0n) is 12.0. The molecule has 0 aliphatic carbocycles. The van der Waals surface area contributed by atoms with E-state index in [-0.39, 0.29) is 10.6 Å². The molecular formula is C15H15ClN2O4S. The monoisotopic (exact) mass is 354 g/mol. The van der Waals surface area contributed by atoms with Crippen LogP contribution in [-0.2, 0) is 10.1 Å². The maximum Gasteiger partial charge on any atom is 0.339 e. The number of hydrogen-bond acceptors (Lipinski definition) is 6. The number of anilines is 1. The van der Waals surface area contributed by atoms with Crippen molar-refractivity contribution >= 4 is 27.4 Å². The van der Waals surface area contributed by atoms with Gasteiger partial charge in [-0.1, -0.05) is 17.7 Å². The van der Waals surface area contributed by atoms with Gasteiger partial charge >= 0.3 is 10.1 Å². The first kappa shape index (κ1) is 16.1. The minimum absolute atomic E-state index is 0.0304. The van der Waals surface area contributed by atoms with E-state index in [9.17, 15) is 13.5 Å². The quantitative estimate of drug-likeness (QED) is 0.815. The van der Waals surface area contributed by atoms with Crippen LogP contribution in [0.25, 0.3) is 0 Å². The molecule has 1 atom stereocenters. The van der Waals surface area contributed by atoms with Crippen molar-refractivity contribution in [3.8, 4) is 5.75 Å². The first-order chi connectivity index (χ1) is 11.0. The molecule has 1 unspecified atom stereocenters. The Morgan fingerprint density at radius 3 is 2.57 bits per heavy atom. The fourth-order valence-electron chi connectivity index (χ4n) is 2.31. The van der Waals surface area contributed by atoms with Gasteiger partial charge in [-0.15, -0.1) is 0 Å². The highest BCUT2D eigenvalue weighted by Crippen LogP contribution is 2.24. The van der Waals surface area contributed by atoms with Crippen LogP contribution < -0.4 is 14.4 Å². The van der Waals surface area contributed by atoms with Crippen molar-refractivity contribution in [1.82, 2.24) is 5.32 Å². The third-order valence-electron chi connectivity index (χ3n) is 3.43. The van der Waals surface area contributed by atoms with Gasteiger partial charge < -0.3 is 14.2 Å². The smallest absolute Gasteiger partial charge is 0.339 e. The molecule has 3 rings (SSSR count). The molecular weight excluding hydrogens is 340 g/mol. The van der Waals surface area contributed by atoms with E-state index in [0.29, 0.717) is 18.1 Å². The van der Waals surface area contributed by atoms with Crippen molar-refractivity contribution in [1.29, 1.82) is 0 Å².